The van der Waals surface area contributed by atoms with Crippen molar-refractivity contribution < 1.29 is 0 Å². The monoisotopic (exact) mass is 1450 g/mol. The molecule has 0 aliphatic rings. The molecule has 0 radical (unpaired) electrons. The van der Waals surface area contributed by atoms with Gasteiger partial charge in [0.15, 0.2) is 0 Å². The highest BCUT2D eigenvalue weighted by atomic mass is 15.4. The lowest BCUT2D eigenvalue weighted by Crippen LogP contribution is -2.49. The van der Waals surface area contributed by atoms with E-state index in [0.717, 1.165) is 358 Å². The Balaban J connectivity index is 8.30. The summed E-state index contributed by atoms with van der Waals surface area (Å²) in [6.07, 6.45) is 17.1. The Hall–Kier alpha value is -1.20. The Bertz CT molecular complexity index is 1310. The first kappa shape index (κ1) is 99.8. The van der Waals surface area contributed by atoms with Crippen LogP contribution >= 0.6 is 0 Å². The van der Waals surface area contributed by atoms with Gasteiger partial charge in [-0.3, -0.25) is 29.4 Å². The fraction of sp³-hybridized carbons (Fsp3) is 1.00. The molecule has 0 amide bonds. The summed E-state index contributed by atoms with van der Waals surface area (Å²) in [5, 5.41) is 0. The Morgan fingerprint density at radius 1 is 0.0891 bits per heavy atom. The standard InChI is InChI=1S/C71H174N30/c72-18-1-34-88(60-26-80)42-9-50-96(51-10-43-89(61-27-81)35-2-19-73)68-100(69-97(52-11-44-90(62-28-82)36-3-20-74)53-12-45-91(63-29-83)37-4-21-75)58-17-59-101(70-98(54-13-46-92(64-30-84)38-5-22-76)55-14-47-93(65-31-85)39-6-23-77)71-99(56-15-48-94(66-32-86)40-7-24-78)57-16-49-95(67-33-87)41-8-25-79/h1-87H2. The van der Waals surface area contributed by atoms with E-state index in [1.807, 2.05) is 0 Å². The van der Waals surface area contributed by atoms with E-state index < -0.39 is 0 Å². The van der Waals surface area contributed by atoms with Crippen LogP contribution < -0.4 is 91.7 Å². The second-order valence-electron chi connectivity index (χ2n) is 28.2. The summed E-state index contributed by atoms with van der Waals surface area (Å²) in [6.45, 7) is 46.2. The Morgan fingerprint density at radius 3 is 0.297 bits per heavy atom. The molecule has 608 valence electrons. The molecule has 0 atom stereocenters. The van der Waals surface area contributed by atoms with Crippen molar-refractivity contribution in [2.75, 3.05) is 354 Å². The second-order valence-corrected chi connectivity index (χ2v) is 28.2. The van der Waals surface area contributed by atoms with Crippen molar-refractivity contribution in [1.29, 1.82) is 0 Å². The lowest BCUT2D eigenvalue weighted by molar-refractivity contribution is 0.0417. The van der Waals surface area contributed by atoms with Gasteiger partial charge in [0.25, 0.3) is 0 Å². The van der Waals surface area contributed by atoms with Crippen LogP contribution in [0.2, 0.25) is 0 Å². The van der Waals surface area contributed by atoms with Crippen molar-refractivity contribution in [2.45, 2.75) is 109 Å². The molecule has 30 nitrogen and oxygen atoms in total. The molecule has 0 aromatic carbocycles. The summed E-state index contributed by atoms with van der Waals surface area (Å²) in [4.78, 5) is 36.7. The van der Waals surface area contributed by atoms with E-state index in [0.29, 0.717) is 105 Å². The van der Waals surface area contributed by atoms with E-state index in [-0.39, 0.29) is 0 Å². The highest BCUT2D eigenvalue weighted by Gasteiger charge is 2.22. The molecular weight excluding hydrogens is 1270 g/mol. The van der Waals surface area contributed by atoms with Crippen LogP contribution in [0.15, 0.2) is 0 Å². The highest BCUT2D eigenvalue weighted by molar-refractivity contribution is 4.76. The minimum atomic E-state index is 0.634. The molecule has 0 saturated carbocycles. The summed E-state index contributed by atoms with van der Waals surface area (Å²) in [6, 6.07) is 0. The van der Waals surface area contributed by atoms with Gasteiger partial charge in [0.1, 0.15) is 0 Å². The molecule has 0 fully saturated rings. The molecule has 101 heavy (non-hydrogen) atoms. The fourth-order valence-electron chi connectivity index (χ4n) is 13.8. The number of nitrogens with zero attached hydrogens (tertiary/aromatic N) is 14. The Kier molecular flexibility index (Phi) is 74.7. The zero-order valence-electron chi connectivity index (χ0n) is 65.7. The predicted molar refractivity (Wildman–Crippen MR) is 434 cm³/mol. The SMILES string of the molecule is NCCCN(CCN)CCCN(CCCN(CCN)CCCN)CN(CCCN(CN(CCCN(CCN)CCCN)CCCN(CCN)CCCN)CN(CCCN(CCN)CCCN)CCCN(CCN)CCCN)CN(CCCN(CCN)CCCN)CCCN(CCN)CCCN. The van der Waals surface area contributed by atoms with Gasteiger partial charge in [-0.1, -0.05) is 0 Å². The quantitative estimate of drug-likeness (QED) is 0.0254. The maximum Gasteiger partial charge on any atom is 0.0518 e. The van der Waals surface area contributed by atoms with E-state index in [9.17, 15) is 0 Å². The van der Waals surface area contributed by atoms with Crippen molar-refractivity contribution in [3.05, 3.63) is 0 Å². The van der Waals surface area contributed by atoms with Gasteiger partial charge in [-0.2, -0.15) is 0 Å². The molecule has 0 aromatic heterocycles. The number of nitrogens with two attached hydrogens (primary N) is 16. The lowest BCUT2D eigenvalue weighted by Gasteiger charge is -2.38. The van der Waals surface area contributed by atoms with Crippen molar-refractivity contribution in [3.8, 4) is 0 Å². The average Bonchev–Trinajstić information content (AvgIpc) is 1.13. The van der Waals surface area contributed by atoms with Crippen LogP contribution in [0, 0.1) is 0 Å². The first-order valence-corrected chi connectivity index (χ1v) is 40.8. The summed E-state index contributed by atoms with van der Waals surface area (Å²) in [5.41, 5.74) is 98.5. The molecule has 0 aliphatic heterocycles. The van der Waals surface area contributed by atoms with Crippen LogP contribution in [0.3, 0.4) is 0 Å². The fourth-order valence-corrected chi connectivity index (χ4v) is 13.8. The van der Waals surface area contributed by atoms with Crippen LogP contribution in [0.1, 0.15) is 109 Å². The molecule has 32 N–H and O–H groups in total. The molecule has 0 unspecified atom stereocenters. The first-order chi connectivity index (χ1) is 49.5. The van der Waals surface area contributed by atoms with E-state index in [1.54, 1.807) is 0 Å². The minimum absolute atomic E-state index is 0.634. The molecule has 0 spiro atoms. The first-order valence-electron chi connectivity index (χ1n) is 40.8. The third-order valence-electron chi connectivity index (χ3n) is 19.1. The van der Waals surface area contributed by atoms with Gasteiger partial charge in [0.05, 0.1) is 26.7 Å². The lowest BCUT2D eigenvalue weighted by atomic mass is 10.2. The smallest absolute Gasteiger partial charge is 0.0518 e. The van der Waals surface area contributed by atoms with Crippen molar-refractivity contribution >= 4 is 0 Å². The number of hydrogen-bond acceptors (Lipinski definition) is 30. The van der Waals surface area contributed by atoms with Gasteiger partial charge in [-0.25, -0.2) is 0 Å². The maximum absolute atomic E-state index is 6.23. The third kappa shape index (κ3) is 59.4. The molecule has 0 saturated heterocycles. The van der Waals surface area contributed by atoms with Gasteiger partial charge < -0.3 is 131 Å². The van der Waals surface area contributed by atoms with Crippen LogP contribution in [-0.2, 0) is 0 Å². The van der Waals surface area contributed by atoms with E-state index in [1.165, 1.54) is 0 Å². The number of hydrogen-bond donors (Lipinski definition) is 16. The summed E-state index contributed by atoms with van der Waals surface area (Å²) in [5.74, 6) is 0. The van der Waals surface area contributed by atoms with Crippen LogP contribution in [0.25, 0.3) is 0 Å². The average molecular weight is 1450 g/mol. The topological polar surface area (TPSA) is 462 Å². The van der Waals surface area contributed by atoms with Crippen LogP contribution in [0.4, 0.5) is 0 Å². The van der Waals surface area contributed by atoms with Crippen molar-refractivity contribution in [3.63, 3.8) is 0 Å². The van der Waals surface area contributed by atoms with Gasteiger partial charge in [0, 0.05) is 170 Å². The zero-order chi connectivity index (χ0) is 74.3. The molecule has 0 bridgehead atoms. The van der Waals surface area contributed by atoms with Gasteiger partial charge in [0.2, 0.25) is 0 Å². The molecule has 0 aliphatic carbocycles. The zero-order valence-corrected chi connectivity index (χ0v) is 65.7. The minimum Gasteiger partial charge on any atom is -0.330 e. The van der Waals surface area contributed by atoms with E-state index >= 15 is 0 Å². The number of rotatable bonds is 84. The highest BCUT2D eigenvalue weighted by Crippen LogP contribution is 2.12. The maximum atomic E-state index is 6.23. The molecule has 30 heteroatoms. The molecule has 0 rings (SSSR count). The van der Waals surface area contributed by atoms with Gasteiger partial charge in [-0.15, -0.1) is 0 Å². The Labute approximate surface area is 620 Å². The predicted octanol–water partition coefficient (Wildman–Crippen LogP) is -4.98. The van der Waals surface area contributed by atoms with E-state index in [4.69, 9.17) is 91.7 Å². The largest absolute Gasteiger partial charge is 0.330 e. The second kappa shape index (κ2) is 75.6. The molecule has 0 heterocycles. The van der Waals surface area contributed by atoms with Crippen molar-refractivity contribution in [2.24, 2.45) is 91.7 Å². The van der Waals surface area contributed by atoms with Gasteiger partial charge >= 0.3 is 0 Å². The van der Waals surface area contributed by atoms with E-state index in [2.05, 4.69) is 68.6 Å². The molecule has 0 aromatic rings. The summed E-state index contributed by atoms with van der Waals surface area (Å²) < 4.78 is 0. The van der Waals surface area contributed by atoms with Crippen molar-refractivity contribution in [1.82, 2.24) is 68.6 Å². The summed E-state index contributed by atoms with van der Waals surface area (Å²) in [7, 11) is 0. The van der Waals surface area contributed by atoms with Crippen LogP contribution in [0.5, 0.6) is 0 Å². The molecular formula is C71H174N30. The normalized spacial score (nSPS) is 12.7. The van der Waals surface area contributed by atoms with Gasteiger partial charge in [-0.05, 0) is 266 Å². The third-order valence-corrected chi connectivity index (χ3v) is 19.1. The van der Waals surface area contributed by atoms with Crippen LogP contribution in [-0.4, -0.2) is 423 Å². The summed E-state index contributed by atoms with van der Waals surface area (Å²) >= 11 is 0. The Morgan fingerprint density at radius 2 is 0.188 bits per heavy atom.